The number of aliphatic hydroxyl groups is 1. The van der Waals surface area contributed by atoms with Crippen molar-refractivity contribution in [1.82, 2.24) is 9.88 Å². The second-order valence-electron chi connectivity index (χ2n) is 5.54. The largest absolute Gasteiger partial charge is 0.396 e. The zero-order valence-electron chi connectivity index (χ0n) is 11.9. The fourth-order valence-corrected chi connectivity index (χ4v) is 3.41. The lowest BCUT2D eigenvalue weighted by molar-refractivity contribution is 0.0863. The van der Waals surface area contributed by atoms with Crippen molar-refractivity contribution >= 4 is 21.8 Å². The van der Waals surface area contributed by atoms with Crippen LogP contribution in [0.15, 0.2) is 16.7 Å². The second-order valence-corrected chi connectivity index (χ2v) is 6.46. The number of carbonyl (C=O) groups is 1. The van der Waals surface area contributed by atoms with E-state index in [-0.39, 0.29) is 24.5 Å². The predicted molar refractivity (Wildman–Crippen MR) is 82.7 cm³/mol. The van der Waals surface area contributed by atoms with Gasteiger partial charge in [0.2, 0.25) is 0 Å². The van der Waals surface area contributed by atoms with Crippen LogP contribution in [0.2, 0.25) is 0 Å². The van der Waals surface area contributed by atoms with Crippen LogP contribution in [-0.2, 0) is 6.54 Å². The Labute approximate surface area is 128 Å². The maximum atomic E-state index is 12.4. The number of aliphatic hydroxyl groups excluding tert-OH is 1. The number of carbonyl (C=O) groups excluding carboxylic acids is 1. The molecule has 1 aromatic heterocycles. The van der Waals surface area contributed by atoms with Crippen molar-refractivity contribution < 1.29 is 9.90 Å². The molecule has 2 atom stereocenters. The molecule has 4 nitrogen and oxygen atoms in total. The maximum Gasteiger partial charge on any atom is 0.268 e. The molecule has 2 rings (SSSR count). The topological polar surface area (TPSA) is 54.3 Å². The van der Waals surface area contributed by atoms with Crippen molar-refractivity contribution in [3.8, 4) is 0 Å². The van der Waals surface area contributed by atoms with Gasteiger partial charge in [-0.2, -0.15) is 0 Å². The smallest absolute Gasteiger partial charge is 0.268 e. The number of nitrogens with zero attached hydrogens (tertiary/aromatic N) is 1. The molecule has 1 heterocycles. The Bertz CT molecular complexity index is 459. The summed E-state index contributed by atoms with van der Waals surface area (Å²) in [5, 5.41) is 12.5. The summed E-state index contributed by atoms with van der Waals surface area (Å²) in [6, 6.07) is 1.96. The SMILES string of the molecule is CCCn1cc(Br)cc1C(=O)NC1CCCCC1CO. The van der Waals surface area contributed by atoms with Crippen molar-refractivity contribution in [3.05, 3.63) is 22.4 Å². The Morgan fingerprint density at radius 1 is 1.50 bits per heavy atom. The van der Waals surface area contributed by atoms with Crippen molar-refractivity contribution in [3.63, 3.8) is 0 Å². The van der Waals surface area contributed by atoms with Gasteiger partial charge in [0.25, 0.3) is 5.91 Å². The first-order valence-electron chi connectivity index (χ1n) is 7.43. The quantitative estimate of drug-likeness (QED) is 0.864. The molecule has 0 saturated heterocycles. The van der Waals surface area contributed by atoms with Crippen LogP contribution in [0.5, 0.6) is 0 Å². The van der Waals surface area contributed by atoms with Gasteiger partial charge < -0.3 is 15.0 Å². The van der Waals surface area contributed by atoms with E-state index >= 15 is 0 Å². The van der Waals surface area contributed by atoms with E-state index in [0.29, 0.717) is 5.69 Å². The lowest BCUT2D eigenvalue weighted by Crippen LogP contribution is -2.43. The predicted octanol–water partition coefficient (Wildman–Crippen LogP) is 2.94. The van der Waals surface area contributed by atoms with E-state index in [0.717, 1.165) is 43.1 Å². The number of amides is 1. The molecule has 0 aromatic carbocycles. The van der Waals surface area contributed by atoms with Crippen LogP contribution in [-0.4, -0.2) is 28.2 Å². The van der Waals surface area contributed by atoms with Crippen molar-refractivity contribution in [2.75, 3.05) is 6.61 Å². The molecule has 2 unspecified atom stereocenters. The molecule has 0 spiro atoms. The molecule has 5 heteroatoms. The zero-order chi connectivity index (χ0) is 14.5. The first-order chi connectivity index (χ1) is 9.65. The third-order valence-corrected chi connectivity index (χ3v) is 4.45. The molecule has 2 N–H and O–H groups in total. The zero-order valence-corrected chi connectivity index (χ0v) is 13.5. The van der Waals surface area contributed by atoms with Crippen LogP contribution in [0.3, 0.4) is 0 Å². The standard InChI is InChI=1S/C15H23BrN2O2/c1-2-7-18-9-12(16)8-14(18)15(20)17-13-6-4-3-5-11(13)10-19/h8-9,11,13,19H,2-7,10H2,1H3,(H,17,20). The van der Waals surface area contributed by atoms with E-state index in [9.17, 15) is 9.90 Å². The number of halogens is 1. The first kappa shape index (κ1) is 15.6. The molecular formula is C15H23BrN2O2. The Kier molecular flexibility index (Phi) is 5.66. The van der Waals surface area contributed by atoms with E-state index in [1.807, 2.05) is 16.8 Å². The van der Waals surface area contributed by atoms with Crippen molar-refractivity contribution in [1.29, 1.82) is 0 Å². The van der Waals surface area contributed by atoms with Crippen LogP contribution in [0.1, 0.15) is 49.5 Å². The van der Waals surface area contributed by atoms with Crippen molar-refractivity contribution in [2.45, 2.75) is 51.6 Å². The Morgan fingerprint density at radius 2 is 2.25 bits per heavy atom. The summed E-state index contributed by atoms with van der Waals surface area (Å²) in [4.78, 5) is 12.4. The van der Waals surface area contributed by atoms with Gasteiger partial charge in [-0.15, -0.1) is 0 Å². The first-order valence-corrected chi connectivity index (χ1v) is 8.22. The number of aromatic nitrogens is 1. The summed E-state index contributed by atoms with van der Waals surface area (Å²) in [5.74, 6) is 0.167. The van der Waals surface area contributed by atoms with Gasteiger partial charge in [0.15, 0.2) is 0 Å². The highest BCUT2D eigenvalue weighted by Gasteiger charge is 2.27. The molecule has 112 valence electrons. The minimum atomic E-state index is -0.0329. The molecule has 1 saturated carbocycles. The number of nitrogens with one attached hydrogen (secondary N) is 1. The van der Waals surface area contributed by atoms with Crippen LogP contribution in [0.25, 0.3) is 0 Å². The van der Waals surface area contributed by atoms with Gasteiger partial charge in [0.05, 0.1) is 0 Å². The number of hydrogen-bond donors (Lipinski definition) is 2. The monoisotopic (exact) mass is 342 g/mol. The Balaban J connectivity index is 2.07. The van der Waals surface area contributed by atoms with Crippen molar-refractivity contribution in [2.24, 2.45) is 5.92 Å². The van der Waals surface area contributed by atoms with Gasteiger partial charge in [0, 0.05) is 35.8 Å². The minimum absolute atomic E-state index is 0.0329. The second kappa shape index (κ2) is 7.27. The van der Waals surface area contributed by atoms with Gasteiger partial charge >= 0.3 is 0 Å². The molecule has 0 bridgehead atoms. The highest BCUT2D eigenvalue weighted by molar-refractivity contribution is 9.10. The molecule has 1 fully saturated rings. The third-order valence-electron chi connectivity index (χ3n) is 4.02. The van der Waals surface area contributed by atoms with Crippen LogP contribution in [0, 0.1) is 5.92 Å². The molecule has 1 amide bonds. The van der Waals surface area contributed by atoms with Gasteiger partial charge in [-0.05, 0) is 41.3 Å². The summed E-state index contributed by atoms with van der Waals surface area (Å²) in [6.07, 6.45) is 7.18. The number of hydrogen-bond acceptors (Lipinski definition) is 2. The van der Waals surface area contributed by atoms with Gasteiger partial charge in [0.1, 0.15) is 5.69 Å². The number of aryl methyl sites for hydroxylation is 1. The summed E-state index contributed by atoms with van der Waals surface area (Å²) >= 11 is 3.43. The van der Waals surface area contributed by atoms with Gasteiger partial charge in [-0.25, -0.2) is 0 Å². The van der Waals surface area contributed by atoms with Crippen LogP contribution < -0.4 is 5.32 Å². The maximum absolute atomic E-state index is 12.4. The molecule has 0 radical (unpaired) electrons. The Hall–Kier alpha value is -0.810. The van der Waals surface area contributed by atoms with E-state index < -0.39 is 0 Å². The van der Waals surface area contributed by atoms with Crippen LogP contribution >= 0.6 is 15.9 Å². The van der Waals surface area contributed by atoms with Gasteiger partial charge in [-0.1, -0.05) is 19.8 Å². The Morgan fingerprint density at radius 3 is 2.95 bits per heavy atom. The third kappa shape index (κ3) is 3.64. The lowest BCUT2D eigenvalue weighted by Gasteiger charge is -2.30. The molecule has 0 aliphatic heterocycles. The average Bonchev–Trinajstić information content (AvgIpc) is 2.81. The van der Waals surface area contributed by atoms with E-state index in [4.69, 9.17) is 0 Å². The average molecular weight is 343 g/mol. The normalized spacial score (nSPS) is 22.8. The van der Waals surface area contributed by atoms with E-state index in [1.54, 1.807) is 0 Å². The van der Waals surface area contributed by atoms with Gasteiger partial charge in [-0.3, -0.25) is 4.79 Å². The molecule has 20 heavy (non-hydrogen) atoms. The fraction of sp³-hybridized carbons (Fsp3) is 0.667. The highest BCUT2D eigenvalue weighted by Crippen LogP contribution is 2.24. The molecule has 1 aromatic rings. The fourth-order valence-electron chi connectivity index (χ4n) is 2.95. The highest BCUT2D eigenvalue weighted by atomic mass is 79.9. The summed E-state index contributed by atoms with van der Waals surface area (Å²) < 4.78 is 2.91. The minimum Gasteiger partial charge on any atom is -0.396 e. The summed E-state index contributed by atoms with van der Waals surface area (Å²) in [7, 11) is 0. The molecule has 1 aliphatic rings. The lowest BCUT2D eigenvalue weighted by atomic mass is 9.85. The van der Waals surface area contributed by atoms with Crippen LogP contribution in [0.4, 0.5) is 0 Å². The van der Waals surface area contributed by atoms with E-state index in [1.165, 1.54) is 0 Å². The summed E-state index contributed by atoms with van der Waals surface area (Å²) in [5.41, 5.74) is 0.695. The molecule has 1 aliphatic carbocycles. The summed E-state index contributed by atoms with van der Waals surface area (Å²) in [6.45, 7) is 3.09. The number of rotatable bonds is 5. The molecular weight excluding hydrogens is 320 g/mol. The van der Waals surface area contributed by atoms with E-state index in [2.05, 4.69) is 28.2 Å².